The summed E-state index contributed by atoms with van der Waals surface area (Å²) in [5, 5.41) is 7.00. The molecular formula is C50H51N7O6. The average Bonchev–Trinajstić information content (AvgIpc) is 4.16. The molecule has 3 N–H and O–H groups in total. The quantitative estimate of drug-likeness (QED) is 0.109. The van der Waals surface area contributed by atoms with E-state index in [9.17, 15) is 19.2 Å². The van der Waals surface area contributed by atoms with Crippen LogP contribution in [-0.4, -0.2) is 87.0 Å². The van der Waals surface area contributed by atoms with E-state index in [4.69, 9.17) is 19.4 Å². The van der Waals surface area contributed by atoms with Crippen LogP contribution in [0.5, 0.6) is 0 Å². The van der Waals surface area contributed by atoms with E-state index in [-0.39, 0.29) is 36.2 Å². The number of carbonyl (C=O) groups excluding carboxylic acids is 4. The van der Waals surface area contributed by atoms with Gasteiger partial charge in [0.15, 0.2) is 0 Å². The van der Waals surface area contributed by atoms with Crippen molar-refractivity contribution in [3.63, 3.8) is 0 Å². The number of methoxy groups -OCH3 is 2. The molecule has 0 radical (unpaired) electrons. The maximum atomic E-state index is 14.0. The second kappa shape index (κ2) is 17.4. The first-order valence-electron chi connectivity index (χ1n) is 21.7. The van der Waals surface area contributed by atoms with Crippen LogP contribution < -0.4 is 5.32 Å². The topological polar surface area (TPSA) is 163 Å². The van der Waals surface area contributed by atoms with Crippen LogP contribution in [0.3, 0.4) is 0 Å². The maximum absolute atomic E-state index is 14.0. The number of H-pyrrole nitrogens is 2. The maximum Gasteiger partial charge on any atom is 0.407 e. The van der Waals surface area contributed by atoms with Gasteiger partial charge >= 0.3 is 12.1 Å². The summed E-state index contributed by atoms with van der Waals surface area (Å²) in [4.78, 5) is 72.8. The van der Waals surface area contributed by atoms with E-state index in [1.165, 1.54) is 14.2 Å². The third-order valence-corrected chi connectivity index (χ3v) is 12.8. The number of likely N-dealkylation sites (tertiary alicyclic amines) is 2. The van der Waals surface area contributed by atoms with Crippen LogP contribution in [0.1, 0.15) is 81.2 Å². The van der Waals surface area contributed by atoms with Gasteiger partial charge in [0, 0.05) is 24.0 Å². The Kier molecular flexibility index (Phi) is 11.4. The van der Waals surface area contributed by atoms with Gasteiger partial charge in [0.1, 0.15) is 17.7 Å². The fourth-order valence-electron chi connectivity index (χ4n) is 9.39. The lowest BCUT2D eigenvalue weighted by atomic mass is 9.94. The van der Waals surface area contributed by atoms with Gasteiger partial charge in [-0.2, -0.15) is 0 Å². The third kappa shape index (κ3) is 8.11. The van der Waals surface area contributed by atoms with E-state index in [0.29, 0.717) is 13.1 Å². The number of alkyl carbamates (subject to hydrolysis) is 1. The van der Waals surface area contributed by atoms with Crippen LogP contribution in [0.25, 0.3) is 55.0 Å². The molecule has 0 unspecified atom stereocenters. The monoisotopic (exact) mass is 845 g/mol. The standard InChI is InChI=1S/C50H51N7O6/c1-29(2)44(55-50(61)63-4)49(60)57-23-9-13-42(57)47-52-39-21-19-35-25-34(18-20-37(35)45(39)54-47)31-14-15-33-26-36(17-16-32(33)24-31)40-28-51-46(53-40)41-12-8-22-56(41)48(59)38(27-43(58)62-3)30-10-6-5-7-11-30/h5-7,10-11,14-21,24-26,28-29,38,41-42,44H,8-9,12-13,22-23,27H2,1-4H3,(H,51,53)(H,52,54)(H,55,61)/t38-,41+,42+,44+/m1/s1. The Bertz CT molecular complexity index is 2850. The van der Waals surface area contributed by atoms with Gasteiger partial charge in [0.2, 0.25) is 11.8 Å². The van der Waals surface area contributed by atoms with E-state index >= 15 is 0 Å². The van der Waals surface area contributed by atoms with Crippen LogP contribution >= 0.6 is 0 Å². The van der Waals surface area contributed by atoms with Gasteiger partial charge in [0.25, 0.3) is 0 Å². The van der Waals surface area contributed by atoms with Crippen molar-refractivity contribution in [1.82, 2.24) is 35.1 Å². The molecule has 4 heterocycles. The van der Waals surface area contributed by atoms with Crippen molar-refractivity contribution in [2.75, 3.05) is 27.3 Å². The number of amides is 3. The fourth-order valence-corrected chi connectivity index (χ4v) is 9.39. The molecule has 7 aromatic rings. The SMILES string of the molecule is COC(=O)C[C@@H](C(=O)N1CCC[C@H]1c1ncc(-c2ccc3cc(-c4ccc5c(ccc6[nH]c([C@@H]7CCCN7C(=O)[C@@H](NC(=O)OC)C(C)C)nc65)c4)ccc3c2)[nH]1)c1ccccc1. The Balaban J connectivity index is 0.924. The molecule has 13 nitrogen and oxygen atoms in total. The summed E-state index contributed by atoms with van der Waals surface area (Å²) in [6, 6.07) is 31.7. The number of ether oxygens (including phenoxy) is 2. The van der Waals surface area contributed by atoms with Gasteiger partial charge < -0.3 is 34.6 Å². The molecule has 0 saturated carbocycles. The molecule has 2 aromatic heterocycles. The van der Waals surface area contributed by atoms with E-state index in [1.54, 1.807) is 0 Å². The van der Waals surface area contributed by atoms with Crippen molar-refractivity contribution in [3.8, 4) is 22.4 Å². The zero-order valence-corrected chi connectivity index (χ0v) is 35.9. The van der Waals surface area contributed by atoms with Gasteiger partial charge in [-0.15, -0.1) is 0 Å². The number of carbonyl (C=O) groups is 4. The zero-order chi connectivity index (χ0) is 43.8. The highest BCUT2D eigenvalue weighted by atomic mass is 16.5. The van der Waals surface area contributed by atoms with Crippen LogP contribution in [0, 0.1) is 5.92 Å². The molecule has 4 atom stereocenters. The minimum Gasteiger partial charge on any atom is -0.469 e. The Hall–Kier alpha value is -7.02. The number of nitrogens with zero attached hydrogens (tertiary/aromatic N) is 4. The number of rotatable bonds is 11. The predicted molar refractivity (Wildman–Crippen MR) is 241 cm³/mol. The average molecular weight is 846 g/mol. The summed E-state index contributed by atoms with van der Waals surface area (Å²) in [6.45, 7) is 5.01. The molecule has 13 heteroatoms. The first-order chi connectivity index (χ1) is 30.6. The van der Waals surface area contributed by atoms with E-state index < -0.39 is 24.0 Å². The molecule has 2 aliphatic rings. The van der Waals surface area contributed by atoms with Crippen LogP contribution in [0.15, 0.2) is 103 Å². The second-order valence-electron chi connectivity index (χ2n) is 17.0. The largest absolute Gasteiger partial charge is 0.469 e. The lowest BCUT2D eigenvalue weighted by Crippen LogP contribution is -2.51. The molecule has 2 saturated heterocycles. The molecule has 0 spiro atoms. The molecule has 63 heavy (non-hydrogen) atoms. The van der Waals surface area contributed by atoms with Gasteiger partial charge in [-0.05, 0) is 88.7 Å². The lowest BCUT2D eigenvalue weighted by Gasteiger charge is -2.29. The highest BCUT2D eigenvalue weighted by molar-refractivity contribution is 6.06. The molecule has 2 fully saturated rings. The Morgan fingerprint density at radius 3 is 2.06 bits per heavy atom. The molecule has 2 aliphatic heterocycles. The van der Waals surface area contributed by atoms with Crippen molar-refractivity contribution in [1.29, 1.82) is 0 Å². The van der Waals surface area contributed by atoms with Crippen molar-refractivity contribution in [3.05, 3.63) is 120 Å². The minimum absolute atomic E-state index is 0.0215. The van der Waals surface area contributed by atoms with E-state index in [2.05, 4.69) is 75.9 Å². The molecule has 0 aliphatic carbocycles. The molecule has 322 valence electrons. The van der Waals surface area contributed by atoms with Gasteiger partial charge in [-0.1, -0.05) is 86.6 Å². The normalized spacial score (nSPS) is 17.4. The number of aromatic amines is 2. The third-order valence-electron chi connectivity index (χ3n) is 12.8. The lowest BCUT2D eigenvalue weighted by molar-refractivity contribution is -0.145. The molecule has 9 rings (SSSR count). The van der Waals surface area contributed by atoms with Crippen LogP contribution in [-0.2, 0) is 23.9 Å². The smallest absolute Gasteiger partial charge is 0.407 e. The Morgan fingerprint density at radius 1 is 0.730 bits per heavy atom. The van der Waals surface area contributed by atoms with Crippen molar-refractivity contribution >= 4 is 56.5 Å². The predicted octanol–water partition coefficient (Wildman–Crippen LogP) is 8.98. The number of esters is 1. The number of aromatic nitrogens is 4. The number of hydrogen-bond donors (Lipinski definition) is 3. The summed E-state index contributed by atoms with van der Waals surface area (Å²) in [5.41, 5.74) is 6.60. The zero-order valence-electron chi connectivity index (χ0n) is 35.9. The highest BCUT2D eigenvalue weighted by Crippen LogP contribution is 2.38. The van der Waals surface area contributed by atoms with Gasteiger partial charge in [-0.3, -0.25) is 14.4 Å². The first kappa shape index (κ1) is 41.3. The summed E-state index contributed by atoms with van der Waals surface area (Å²) in [5.74, 6) is 0.0763. The molecule has 3 amide bonds. The number of hydrogen-bond acceptors (Lipinski definition) is 8. The molecule has 5 aromatic carbocycles. The van der Waals surface area contributed by atoms with Gasteiger partial charge in [0.05, 0.1) is 61.6 Å². The summed E-state index contributed by atoms with van der Waals surface area (Å²) >= 11 is 0. The second-order valence-corrected chi connectivity index (χ2v) is 17.0. The number of imidazole rings is 2. The van der Waals surface area contributed by atoms with Crippen molar-refractivity contribution in [2.45, 2.75) is 70.0 Å². The van der Waals surface area contributed by atoms with Crippen molar-refractivity contribution in [2.24, 2.45) is 5.92 Å². The van der Waals surface area contributed by atoms with Crippen LogP contribution in [0.2, 0.25) is 0 Å². The van der Waals surface area contributed by atoms with E-state index in [0.717, 1.165) is 97.9 Å². The van der Waals surface area contributed by atoms with Crippen LogP contribution in [0.4, 0.5) is 4.79 Å². The minimum atomic E-state index is -0.696. The number of benzene rings is 5. The Morgan fingerprint density at radius 2 is 1.37 bits per heavy atom. The van der Waals surface area contributed by atoms with E-state index in [1.807, 2.05) is 66.2 Å². The molecular weight excluding hydrogens is 795 g/mol. The highest BCUT2D eigenvalue weighted by Gasteiger charge is 2.39. The van der Waals surface area contributed by atoms with Gasteiger partial charge in [-0.25, -0.2) is 14.8 Å². The fraction of sp³-hybridized carbons (Fsp3) is 0.320. The number of nitrogens with one attached hydrogen (secondary N) is 3. The molecule has 0 bridgehead atoms. The summed E-state index contributed by atoms with van der Waals surface area (Å²) in [7, 11) is 2.64. The summed E-state index contributed by atoms with van der Waals surface area (Å²) < 4.78 is 9.75. The Labute approximate surface area is 365 Å². The number of fused-ring (bicyclic) bond motifs is 4. The first-order valence-corrected chi connectivity index (χ1v) is 21.7. The van der Waals surface area contributed by atoms with Crippen molar-refractivity contribution < 1.29 is 28.7 Å². The summed E-state index contributed by atoms with van der Waals surface area (Å²) in [6.07, 6.45) is 4.44.